The first-order chi connectivity index (χ1) is 44.1. The van der Waals surface area contributed by atoms with Gasteiger partial charge in [0.1, 0.15) is 11.5 Å². The molecule has 5 nitrogen and oxygen atoms in total. The molecule has 0 atom stereocenters. The molecule has 14 aromatic rings. The monoisotopic (exact) mass is 1190 g/mol. The van der Waals surface area contributed by atoms with Crippen LogP contribution in [0.15, 0.2) is 321 Å². The van der Waals surface area contributed by atoms with E-state index in [0.29, 0.717) is 11.4 Å². The van der Waals surface area contributed by atoms with Gasteiger partial charge in [0, 0.05) is 44.3 Å². The van der Waals surface area contributed by atoms with Crippen LogP contribution in [-0.4, -0.2) is 4.57 Å². The fourth-order valence-corrected chi connectivity index (χ4v) is 13.2. The van der Waals surface area contributed by atoms with Crippen molar-refractivity contribution in [1.82, 2.24) is 4.57 Å². The first kappa shape index (κ1) is 55.0. The van der Waals surface area contributed by atoms with Crippen molar-refractivity contribution in [3.05, 3.63) is 344 Å². The molecule has 13 aromatic carbocycles. The summed E-state index contributed by atoms with van der Waals surface area (Å²) >= 11 is 0. The smallest absolute Gasteiger partial charge is 0.344 e. The summed E-state index contributed by atoms with van der Waals surface area (Å²) < 4.78 is 93.2. The van der Waals surface area contributed by atoms with Gasteiger partial charge in [-0.15, -0.1) is 0 Å². The molecule has 1 aromatic heterocycles. The lowest BCUT2D eigenvalue weighted by molar-refractivity contribution is 0.241. The van der Waals surface area contributed by atoms with E-state index in [0.717, 1.165) is 116 Å². The summed E-state index contributed by atoms with van der Waals surface area (Å²) in [6, 6.07) is 95.3. The molecule has 0 fully saturated rings. The fourth-order valence-electron chi connectivity index (χ4n) is 13.2. The number of nitrogens with zero attached hydrogens (tertiary/aromatic N) is 3. The van der Waals surface area contributed by atoms with Crippen LogP contribution < -0.4 is 19.3 Å². The molecular formula is C79H49F6N3O2. The summed E-state index contributed by atoms with van der Waals surface area (Å²) in [4.78, 5) is 4.21. The minimum atomic E-state index is -2.55. The van der Waals surface area contributed by atoms with Crippen molar-refractivity contribution in [3.8, 4) is 39.4 Å². The molecule has 0 amide bonds. The molecule has 0 saturated carbocycles. The van der Waals surface area contributed by atoms with Crippen molar-refractivity contribution in [2.24, 2.45) is 0 Å². The van der Waals surface area contributed by atoms with Crippen LogP contribution in [0, 0.1) is 0 Å². The van der Waals surface area contributed by atoms with Gasteiger partial charge in [0.05, 0.1) is 33.5 Å². The highest BCUT2D eigenvalue weighted by Gasteiger charge is 2.45. The topological polar surface area (TPSA) is 29.9 Å². The fraction of sp³-hybridized carbons (Fsp3) is 0.0127. The predicted octanol–water partition coefficient (Wildman–Crippen LogP) is 22.9. The Morgan fingerprint density at radius 1 is 0.322 bits per heavy atom. The quantitative estimate of drug-likeness (QED) is 0.0802. The van der Waals surface area contributed by atoms with Crippen LogP contribution in [0.5, 0.6) is 11.5 Å². The first-order valence-electron chi connectivity index (χ1n) is 29.2. The van der Waals surface area contributed by atoms with Gasteiger partial charge in [0.25, 0.3) is 0 Å². The maximum atomic E-state index is 14.1. The molecule has 0 N–H and O–H groups in total. The number of para-hydroxylation sites is 1. The van der Waals surface area contributed by atoms with Crippen LogP contribution in [0.2, 0.25) is 0 Å². The molecule has 0 unspecified atom stereocenters. The Morgan fingerprint density at radius 3 is 1.30 bits per heavy atom. The van der Waals surface area contributed by atoms with E-state index in [1.165, 1.54) is 24.3 Å². The Morgan fingerprint density at radius 2 is 0.767 bits per heavy atom. The minimum absolute atomic E-state index is 0.0793. The van der Waals surface area contributed by atoms with E-state index in [-0.39, 0.29) is 11.5 Å². The van der Waals surface area contributed by atoms with Gasteiger partial charge in [-0.05, 0) is 171 Å². The zero-order valence-electron chi connectivity index (χ0n) is 47.7. The Hall–Kier alpha value is -11.6. The zero-order valence-corrected chi connectivity index (χ0v) is 47.7. The van der Waals surface area contributed by atoms with Crippen LogP contribution in [0.3, 0.4) is 0 Å². The molecule has 0 aliphatic carbocycles. The van der Waals surface area contributed by atoms with Gasteiger partial charge < -0.3 is 23.8 Å². The third kappa shape index (κ3) is 9.46. The number of aromatic nitrogens is 1. The average molecular weight is 1190 g/mol. The van der Waals surface area contributed by atoms with E-state index in [2.05, 4.69) is 190 Å². The second-order valence-corrected chi connectivity index (χ2v) is 22.0. The van der Waals surface area contributed by atoms with Gasteiger partial charge in [0.15, 0.2) is 0 Å². The van der Waals surface area contributed by atoms with Gasteiger partial charge in [-0.2, -0.15) is 26.3 Å². The second kappa shape index (κ2) is 22.6. The molecule has 0 radical (unpaired) electrons. The number of anilines is 6. The van der Waals surface area contributed by atoms with E-state index in [4.69, 9.17) is 9.47 Å². The summed E-state index contributed by atoms with van der Waals surface area (Å²) in [6.45, 7) is 0. The zero-order chi connectivity index (χ0) is 61.0. The Balaban J connectivity index is 0.953. The second-order valence-electron chi connectivity index (χ2n) is 22.0. The Kier molecular flexibility index (Phi) is 13.8. The molecule has 434 valence electrons. The average Bonchev–Trinajstić information content (AvgIpc) is 1.48. The van der Waals surface area contributed by atoms with Crippen molar-refractivity contribution < 1.29 is 35.8 Å². The van der Waals surface area contributed by atoms with E-state index < -0.39 is 29.6 Å². The lowest BCUT2D eigenvalue weighted by atomic mass is 9.63. The summed E-state index contributed by atoms with van der Waals surface area (Å²) in [6.07, 6.45) is -5.09. The van der Waals surface area contributed by atoms with Crippen LogP contribution in [0.25, 0.3) is 71.3 Å². The van der Waals surface area contributed by atoms with Crippen molar-refractivity contribution in [2.75, 3.05) is 9.80 Å². The summed E-state index contributed by atoms with van der Waals surface area (Å²) in [7, 11) is 0. The number of hydrogen-bond acceptors (Lipinski definition) is 4. The van der Waals surface area contributed by atoms with E-state index >= 15 is 0 Å². The summed E-state index contributed by atoms with van der Waals surface area (Å²) in [5.74, 6) is -0.162. The van der Waals surface area contributed by atoms with Crippen molar-refractivity contribution in [2.45, 2.75) is 5.41 Å². The lowest BCUT2D eigenvalue weighted by Gasteiger charge is -2.42. The van der Waals surface area contributed by atoms with Gasteiger partial charge in [0.2, 0.25) is 0 Å². The molecule has 11 heteroatoms. The molecule has 0 saturated heterocycles. The third-order valence-electron chi connectivity index (χ3n) is 17.0. The van der Waals surface area contributed by atoms with Gasteiger partial charge in [-0.25, -0.2) is 0 Å². The molecule has 0 spiro atoms. The standard InChI is InChI=1S/C79H49F6N3O2/c80-75(81)77(84)89-62-40-36-58(37-41-62)86(70-33-15-19-50-17-7-9-29-64(50)70)60-27-13-21-52(45-60)54-35-44-72-66(47-54)67-48-55(49-69-74(67)88(72)73-32-12-11-31-68(73)79(69,56-23-3-1-4-24-56)57-25-5-2-6-26-57)53-22-14-28-61(46-53)87(71-34-16-20-51-18-8-10-30-65(51)71)59-38-42-63(43-39-59)90-78(85)76(82)83/h1-49H. The highest BCUT2D eigenvalue weighted by Crippen LogP contribution is 2.56. The van der Waals surface area contributed by atoms with Crippen LogP contribution in [-0.2, 0) is 5.41 Å². The van der Waals surface area contributed by atoms with Crippen LogP contribution >= 0.6 is 0 Å². The third-order valence-corrected chi connectivity index (χ3v) is 17.0. The molecule has 0 bridgehead atoms. The number of benzene rings is 13. The van der Waals surface area contributed by atoms with E-state index in [9.17, 15) is 26.3 Å². The number of ether oxygens (including phenoxy) is 2. The largest absolute Gasteiger partial charge is 0.428 e. The van der Waals surface area contributed by atoms with E-state index in [1.807, 2.05) is 72.8 Å². The van der Waals surface area contributed by atoms with Crippen molar-refractivity contribution >= 4 is 77.5 Å². The molecule has 15 rings (SSSR count). The molecule has 90 heavy (non-hydrogen) atoms. The van der Waals surface area contributed by atoms with Crippen molar-refractivity contribution in [3.63, 3.8) is 0 Å². The van der Waals surface area contributed by atoms with Crippen LogP contribution in [0.4, 0.5) is 60.5 Å². The molecule has 1 aliphatic rings. The molecular weight excluding hydrogens is 1140 g/mol. The van der Waals surface area contributed by atoms with Gasteiger partial charge in [-0.1, -0.05) is 182 Å². The highest BCUT2D eigenvalue weighted by atomic mass is 19.3. The number of rotatable bonds is 14. The van der Waals surface area contributed by atoms with Gasteiger partial charge >= 0.3 is 24.2 Å². The van der Waals surface area contributed by atoms with Crippen LogP contribution in [0.1, 0.15) is 22.3 Å². The summed E-state index contributed by atoms with van der Waals surface area (Å²) in [5.41, 5.74) is 15.1. The van der Waals surface area contributed by atoms with Gasteiger partial charge in [-0.3, -0.25) is 0 Å². The number of hydrogen-bond donors (Lipinski definition) is 0. The number of fused-ring (bicyclic) bond motifs is 7. The first-order valence-corrected chi connectivity index (χ1v) is 29.2. The van der Waals surface area contributed by atoms with Crippen molar-refractivity contribution in [1.29, 1.82) is 0 Å². The normalized spacial score (nSPS) is 12.2. The molecule has 1 aliphatic heterocycles. The highest BCUT2D eigenvalue weighted by molar-refractivity contribution is 6.15. The summed E-state index contributed by atoms with van der Waals surface area (Å²) in [5, 5.41) is 6.02. The lowest BCUT2D eigenvalue weighted by Crippen LogP contribution is -2.35. The molecule has 2 heterocycles. The predicted molar refractivity (Wildman–Crippen MR) is 350 cm³/mol. The Labute approximate surface area is 513 Å². The maximum absolute atomic E-state index is 14.1. The SMILES string of the molecule is FC(F)=C(F)Oc1ccc(N(c2cccc(-c3ccc4c(c3)c3cc(-c5cccc(N(c6ccc(OC(F)=C(F)F)cc6)c6cccc7ccccc67)c5)cc5c3n4-c3ccccc3C5(c3ccccc3)c3ccccc3)c2)c2cccc3ccccc23)cc1. The minimum Gasteiger partial charge on any atom is -0.428 e. The van der Waals surface area contributed by atoms with E-state index in [1.54, 1.807) is 24.3 Å². The maximum Gasteiger partial charge on any atom is 0.344 e. The Bertz CT molecular complexity index is 5110. The number of halogens is 6.